The van der Waals surface area contributed by atoms with Gasteiger partial charge >= 0.3 is 0 Å². The van der Waals surface area contributed by atoms with Crippen LogP contribution in [0.25, 0.3) is 11.3 Å². The Hall–Kier alpha value is -2.75. The molecule has 4 heteroatoms. The topological polar surface area (TPSA) is 58.3 Å². The van der Waals surface area contributed by atoms with E-state index in [0.717, 1.165) is 28.1 Å². The molecule has 3 rings (SSSR count). The Morgan fingerprint density at radius 2 is 2.05 bits per heavy atom. The Morgan fingerprint density at radius 3 is 2.86 bits per heavy atom. The van der Waals surface area contributed by atoms with Crippen molar-refractivity contribution < 1.29 is 9.52 Å². The Balaban J connectivity index is 1.77. The first kappa shape index (κ1) is 13.2. The highest BCUT2D eigenvalue weighted by atomic mass is 16.3. The van der Waals surface area contributed by atoms with Gasteiger partial charge in [-0.15, -0.1) is 0 Å². The number of anilines is 1. The minimum Gasteiger partial charge on any atom is -0.507 e. The van der Waals surface area contributed by atoms with Crippen LogP contribution in [0.4, 0.5) is 5.69 Å². The van der Waals surface area contributed by atoms with E-state index >= 15 is 0 Å². The summed E-state index contributed by atoms with van der Waals surface area (Å²) in [5.74, 6) is 1.08. The molecule has 0 saturated heterocycles. The van der Waals surface area contributed by atoms with E-state index in [-0.39, 0.29) is 0 Å². The SMILES string of the molecule is Cc1cccc(CNc2cccc(-c3cnco3)c2)c1O. The molecule has 0 unspecified atom stereocenters. The maximum atomic E-state index is 10.0. The van der Waals surface area contributed by atoms with Crippen molar-refractivity contribution in [3.8, 4) is 17.1 Å². The van der Waals surface area contributed by atoms with Gasteiger partial charge in [-0.2, -0.15) is 0 Å². The molecule has 0 bridgehead atoms. The fourth-order valence-corrected chi connectivity index (χ4v) is 2.20. The first-order valence-corrected chi connectivity index (χ1v) is 6.74. The molecule has 0 amide bonds. The quantitative estimate of drug-likeness (QED) is 0.759. The van der Waals surface area contributed by atoms with Gasteiger partial charge in [-0.05, 0) is 24.6 Å². The van der Waals surface area contributed by atoms with Crippen molar-refractivity contribution in [2.24, 2.45) is 0 Å². The molecule has 0 aliphatic heterocycles. The normalized spacial score (nSPS) is 10.5. The number of benzene rings is 2. The summed E-state index contributed by atoms with van der Waals surface area (Å²) in [6.07, 6.45) is 3.10. The first-order valence-electron chi connectivity index (χ1n) is 6.74. The number of oxazole rings is 1. The Morgan fingerprint density at radius 1 is 1.19 bits per heavy atom. The van der Waals surface area contributed by atoms with E-state index in [1.165, 1.54) is 6.39 Å². The molecule has 0 atom stereocenters. The van der Waals surface area contributed by atoms with Crippen LogP contribution >= 0.6 is 0 Å². The highest BCUT2D eigenvalue weighted by Crippen LogP contribution is 2.25. The zero-order valence-electron chi connectivity index (χ0n) is 11.7. The van der Waals surface area contributed by atoms with Gasteiger partial charge in [0, 0.05) is 23.4 Å². The monoisotopic (exact) mass is 280 g/mol. The molecule has 2 N–H and O–H groups in total. The average molecular weight is 280 g/mol. The van der Waals surface area contributed by atoms with Crippen LogP contribution in [-0.2, 0) is 6.54 Å². The second-order valence-electron chi connectivity index (χ2n) is 4.88. The zero-order chi connectivity index (χ0) is 14.7. The molecule has 0 radical (unpaired) electrons. The zero-order valence-corrected chi connectivity index (χ0v) is 11.7. The van der Waals surface area contributed by atoms with Crippen molar-refractivity contribution in [1.29, 1.82) is 0 Å². The molecule has 21 heavy (non-hydrogen) atoms. The van der Waals surface area contributed by atoms with Gasteiger partial charge in [0.15, 0.2) is 12.2 Å². The molecule has 3 aromatic rings. The van der Waals surface area contributed by atoms with Crippen molar-refractivity contribution in [2.75, 3.05) is 5.32 Å². The fraction of sp³-hybridized carbons (Fsp3) is 0.118. The Bertz CT molecular complexity index is 736. The summed E-state index contributed by atoms with van der Waals surface area (Å²) in [7, 11) is 0. The number of nitrogens with one attached hydrogen (secondary N) is 1. The second kappa shape index (κ2) is 5.71. The molecular formula is C17H16N2O2. The third-order valence-corrected chi connectivity index (χ3v) is 3.38. The van der Waals surface area contributed by atoms with E-state index in [0.29, 0.717) is 12.3 Å². The number of rotatable bonds is 4. The van der Waals surface area contributed by atoms with Gasteiger partial charge in [0.25, 0.3) is 0 Å². The molecule has 0 aliphatic rings. The van der Waals surface area contributed by atoms with Crippen LogP contribution in [0.1, 0.15) is 11.1 Å². The summed E-state index contributed by atoms with van der Waals surface area (Å²) >= 11 is 0. The highest BCUT2D eigenvalue weighted by molar-refractivity contribution is 5.63. The summed E-state index contributed by atoms with van der Waals surface area (Å²) in [5, 5.41) is 13.3. The predicted octanol–water partition coefficient (Wildman–Crippen LogP) is 3.97. The standard InChI is InChI=1S/C17H16N2O2/c1-12-4-2-6-14(17(12)20)9-19-15-7-3-5-13(8-15)16-10-18-11-21-16/h2-8,10-11,19-20H,9H2,1H3. The van der Waals surface area contributed by atoms with E-state index in [1.807, 2.05) is 49.4 Å². The first-order chi connectivity index (χ1) is 10.2. The van der Waals surface area contributed by atoms with Crippen molar-refractivity contribution in [3.63, 3.8) is 0 Å². The van der Waals surface area contributed by atoms with Crippen LogP contribution in [0.2, 0.25) is 0 Å². The molecule has 1 heterocycles. The van der Waals surface area contributed by atoms with Gasteiger partial charge in [-0.1, -0.05) is 30.3 Å². The second-order valence-corrected chi connectivity index (χ2v) is 4.88. The van der Waals surface area contributed by atoms with Gasteiger partial charge in [-0.25, -0.2) is 4.98 Å². The number of para-hydroxylation sites is 1. The Labute approximate surface area is 123 Å². The van der Waals surface area contributed by atoms with E-state index in [1.54, 1.807) is 6.20 Å². The highest BCUT2D eigenvalue weighted by Gasteiger charge is 2.05. The lowest BCUT2D eigenvalue weighted by molar-refractivity contribution is 0.465. The van der Waals surface area contributed by atoms with Gasteiger partial charge in [0.05, 0.1) is 6.20 Å². The fourth-order valence-electron chi connectivity index (χ4n) is 2.20. The van der Waals surface area contributed by atoms with Gasteiger partial charge in [0.1, 0.15) is 5.75 Å². The van der Waals surface area contributed by atoms with Gasteiger partial charge < -0.3 is 14.8 Å². The van der Waals surface area contributed by atoms with Crippen LogP contribution < -0.4 is 5.32 Å². The number of hydrogen-bond donors (Lipinski definition) is 2. The molecule has 106 valence electrons. The van der Waals surface area contributed by atoms with Crippen molar-refractivity contribution in [3.05, 3.63) is 66.2 Å². The number of phenolic OH excluding ortho intramolecular Hbond substituents is 1. The number of aromatic hydroxyl groups is 1. The van der Waals surface area contributed by atoms with Crippen LogP contribution in [-0.4, -0.2) is 10.1 Å². The summed E-state index contributed by atoms with van der Waals surface area (Å²) in [6, 6.07) is 13.6. The number of aromatic nitrogens is 1. The maximum absolute atomic E-state index is 10.0. The molecule has 0 aliphatic carbocycles. The van der Waals surface area contributed by atoms with E-state index in [9.17, 15) is 5.11 Å². The molecular weight excluding hydrogens is 264 g/mol. The van der Waals surface area contributed by atoms with Gasteiger partial charge in [0.2, 0.25) is 0 Å². The summed E-state index contributed by atoms with van der Waals surface area (Å²) < 4.78 is 5.29. The lowest BCUT2D eigenvalue weighted by Gasteiger charge is -2.10. The molecule has 1 aromatic heterocycles. The molecule has 0 saturated carbocycles. The van der Waals surface area contributed by atoms with E-state index < -0.39 is 0 Å². The van der Waals surface area contributed by atoms with Crippen molar-refractivity contribution in [2.45, 2.75) is 13.5 Å². The minimum absolute atomic E-state index is 0.344. The Kier molecular flexibility index (Phi) is 3.60. The minimum atomic E-state index is 0.344. The van der Waals surface area contributed by atoms with Crippen LogP contribution in [0.5, 0.6) is 5.75 Å². The van der Waals surface area contributed by atoms with Crippen molar-refractivity contribution in [1.82, 2.24) is 4.98 Å². The number of aryl methyl sites for hydroxylation is 1. The number of hydrogen-bond acceptors (Lipinski definition) is 4. The van der Waals surface area contributed by atoms with E-state index in [2.05, 4.69) is 10.3 Å². The summed E-state index contributed by atoms with van der Waals surface area (Å²) in [4.78, 5) is 3.92. The summed E-state index contributed by atoms with van der Waals surface area (Å²) in [6.45, 7) is 2.46. The molecule has 0 fully saturated rings. The largest absolute Gasteiger partial charge is 0.507 e. The summed E-state index contributed by atoms with van der Waals surface area (Å²) in [5.41, 5.74) is 3.68. The third-order valence-electron chi connectivity index (χ3n) is 3.38. The van der Waals surface area contributed by atoms with E-state index in [4.69, 9.17) is 4.42 Å². The van der Waals surface area contributed by atoms with Crippen LogP contribution in [0.3, 0.4) is 0 Å². The van der Waals surface area contributed by atoms with Crippen LogP contribution in [0, 0.1) is 6.92 Å². The smallest absolute Gasteiger partial charge is 0.181 e. The van der Waals surface area contributed by atoms with Crippen molar-refractivity contribution >= 4 is 5.69 Å². The molecule has 2 aromatic carbocycles. The average Bonchev–Trinajstić information content (AvgIpc) is 3.03. The number of phenols is 1. The number of nitrogens with zero attached hydrogens (tertiary/aromatic N) is 1. The molecule has 4 nitrogen and oxygen atoms in total. The lowest BCUT2D eigenvalue weighted by Crippen LogP contribution is -2.00. The maximum Gasteiger partial charge on any atom is 0.181 e. The molecule has 0 spiro atoms. The lowest BCUT2D eigenvalue weighted by atomic mass is 10.1. The van der Waals surface area contributed by atoms with Gasteiger partial charge in [-0.3, -0.25) is 0 Å². The van der Waals surface area contributed by atoms with Crippen LogP contribution in [0.15, 0.2) is 59.5 Å². The predicted molar refractivity (Wildman–Crippen MR) is 82.1 cm³/mol. The third kappa shape index (κ3) is 2.89.